The minimum Gasteiger partial charge on any atom is -0.353 e. The summed E-state index contributed by atoms with van der Waals surface area (Å²) < 4.78 is 37.1. The maximum absolute atomic E-state index is 12.7. The van der Waals surface area contributed by atoms with Gasteiger partial charge in [0.2, 0.25) is 0 Å². The van der Waals surface area contributed by atoms with Crippen LogP contribution in [-0.2, 0) is 19.3 Å². The summed E-state index contributed by atoms with van der Waals surface area (Å²) >= 11 is 0. The Morgan fingerprint density at radius 2 is 1.96 bits per heavy atom. The molecule has 1 fully saturated rings. The first-order valence-electron chi connectivity index (χ1n) is 8.42. The maximum atomic E-state index is 12.7. The molecule has 0 aliphatic carbocycles. The van der Waals surface area contributed by atoms with E-state index in [4.69, 9.17) is 9.47 Å². The highest BCUT2D eigenvalue weighted by Gasteiger charge is 2.36. The lowest BCUT2D eigenvalue weighted by atomic mass is 9.90. The lowest BCUT2D eigenvalue weighted by molar-refractivity contribution is -0.227. The summed E-state index contributed by atoms with van der Waals surface area (Å²) in [5.74, 6) is 0.00554. The molecule has 23 heavy (non-hydrogen) atoms. The second-order valence-corrected chi connectivity index (χ2v) is 8.75. The second kappa shape index (κ2) is 7.77. The van der Waals surface area contributed by atoms with E-state index in [1.165, 1.54) is 0 Å². The van der Waals surface area contributed by atoms with Crippen molar-refractivity contribution in [3.8, 4) is 0 Å². The molecule has 0 amide bonds. The molecule has 2 atom stereocenters. The molecule has 1 aliphatic heterocycles. The van der Waals surface area contributed by atoms with Gasteiger partial charge in [-0.25, -0.2) is 8.42 Å². The van der Waals surface area contributed by atoms with E-state index in [9.17, 15) is 8.42 Å². The highest BCUT2D eigenvalue weighted by molar-refractivity contribution is 7.91. The number of benzene rings is 1. The second-order valence-electron chi connectivity index (χ2n) is 6.72. The number of ether oxygens (including phenoxy) is 2. The molecule has 4 nitrogen and oxygen atoms in total. The smallest absolute Gasteiger partial charge is 0.178 e. The van der Waals surface area contributed by atoms with Gasteiger partial charge < -0.3 is 9.47 Å². The van der Waals surface area contributed by atoms with Gasteiger partial charge in [0.1, 0.15) is 0 Å². The van der Waals surface area contributed by atoms with E-state index in [0.29, 0.717) is 4.90 Å². The van der Waals surface area contributed by atoms with Gasteiger partial charge in [-0.15, -0.1) is 0 Å². The number of rotatable bonds is 7. The molecule has 2 rings (SSSR count). The van der Waals surface area contributed by atoms with Gasteiger partial charge in [0.05, 0.1) is 16.2 Å². The number of sulfone groups is 1. The van der Waals surface area contributed by atoms with Crippen LogP contribution in [0.1, 0.15) is 46.5 Å². The van der Waals surface area contributed by atoms with Gasteiger partial charge in [-0.05, 0) is 51.7 Å². The van der Waals surface area contributed by atoms with E-state index in [1.54, 1.807) is 24.3 Å². The fourth-order valence-electron chi connectivity index (χ4n) is 3.04. The summed E-state index contributed by atoms with van der Waals surface area (Å²) in [7, 11) is -3.32. The van der Waals surface area contributed by atoms with Crippen LogP contribution in [0.3, 0.4) is 0 Å². The van der Waals surface area contributed by atoms with Crippen molar-refractivity contribution >= 4 is 9.84 Å². The van der Waals surface area contributed by atoms with Gasteiger partial charge in [-0.2, -0.15) is 0 Å². The van der Waals surface area contributed by atoms with E-state index in [-0.39, 0.29) is 18.0 Å². The summed E-state index contributed by atoms with van der Waals surface area (Å²) in [5.41, 5.74) is -0.543. The molecule has 1 aromatic rings. The van der Waals surface area contributed by atoms with Crippen molar-refractivity contribution in [2.75, 3.05) is 12.4 Å². The molecule has 0 radical (unpaired) electrons. The van der Waals surface area contributed by atoms with E-state index in [2.05, 4.69) is 0 Å². The molecule has 1 aliphatic rings. The molecule has 1 heterocycles. The van der Waals surface area contributed by atoms with Crippen LogP contribution in [-0.4, -0.2) is 32.7 Å². The first kappa shape index (κ1) is 18.4. The third-order valence-electron chi connectivity index (χ3n) is 4.57. The van der Waals surface area contributed by atoms with Gasteiger partial charge in [0.15, 0.2) is 16.1 Å². The zero-order chi connectivity index (χ0) is 16.9. The average Bonchev–Trinajstić information content (AvgIpc) is 2.54. The molecule has 0 N–H and O–H groups in total. The first-order valence-corrected chi connectivity index (χ1v) is 10.1. The number of hydrogen-bond acceptors (Lipinski definition) is 4. The topological polar surface area (TPSA) is 52.6 Å². The molecule has 0 aromatic heterocycles. The van der Waals surface area contributed by atoms with Gasteiger partial charge in [0, 0.05) is 12.5 Å². The third kappa shape index (κ3) is 5.03. The summed E-state index contributed by atoms with van der Waals surface area (Å²) in [5, 5.41) is 0. The van der Waals surface area contributed by atoms with E-state index in [1.807, 2.05) is 26.8 Å². The van der Waals surface area contributed by atoms with Crippen LogP contribution in [0.5, 0.6) is 0 Å². The largest absolute Gasteiger partial charge is 0.353 e. The Morgan fingerprint density at radius 3 is 2.52 bits per heavy atom. The summed E-state index contributed by atoms with van der Waals surface area (Å²) in [4.78, 5) is 0.378. The zero-order valence-corrected chi connectivity index (χ0v) is 15.1. The van der Waals surface area contributed by atoms with Gasteiger partial charge in [0.25, 0.3) is 0 Å². The molecule has 0 saturated carbocycles. The number of hydrogen-bond donors (Lipinski definition) is 0. The van der Waals surface area contributed by atoms with Crippen molar-refractivity contribution < 1.29 is 17.9 Å². The summed E-state index contributed by atoms with van der Waals surface area (Å²) in [6.45, 7) is 6.68. The molecular weight excluding hydrogens is 312 g/mol. The lowest BCUT2D eigenvalue weighted by Gasteiger charge is -2.38. The van der Waals surface area contributed by atoms with Crippen LogP contribution in [0.15, 0.2) is 35.2 Å². The predicted molar refractivity (Wildman–Crippen MR) is 91.0 cm³/mol. The minimum absolute atomic E-state index is 0.0850. The Bertz CT molecular complexity index is 574. The monoisotopic (exact) mass is 340 g/mol. The van der Waals surface area contributed by atoms with E-state index < -0.39 is 15.4 Å². The van der Waals surface area contributed by atoms with Crippen molar-refractivity contribution in [3.05, 3.63) is 30.3 Å². The Balaban J connectivity index is 2.08. The zero-order valence-electron chi connectivity index (χ0n) is 14.3. The molecular formula is C18H28O4S. The van der Waals surface area contributed by atoms with Crippen molar-refractivity contribution in [2.24, 2.45) is 5.92 Å². The standard InChI is InChI=1S/C18H28O4S/c1-4-15(14-23(19,20)16-10-6-5-7-11-16)18(2,3)22-17-12-8-9-13-21-17/h5-7,10-11,15,17H,4,8-9,12-14H2,1-3H3/t15-,17?/m1/s1. The fourth-order valence-corrected chi connectivity index (χ4v) is 4.97. The van der Waals surface area contributed by atoms with Crippen molar-refractivity contribution in [2.45, 2.75) is 63.2 Å². The van der Waals surface area contributed by atoms with Crippen LogP contribution < -0.4 is 0 Å². The lowest BCUT2D eigenvalue weighted by Crippen LogP contribution is -2.42. The molecule has 1 unspecified atom stereocenters. The Kier molecular flexibility index (Phi) is 6.23. The van der Waals surface area contributed by atoms with Gasteiger partial charge >= 0.3 is 0 Å². The Hall–Kier alpha value is -0.910. The van der Waals surface area contributed by atoms with Crippen molar-refractivity contribution in [1.29, 1.82) is 0 Å². The molecule has 5 heteroatoms. The van der Waals surface area contributed by atoms with Crippen LogP contribution in [0, 0.1) is 5.92 Å². The van der Waals surface area contributed by atoms with Crippen molar-refractivity contribution in [1.82, 2.24) is 0 Å². The third-order valence-corrected chi connectivity index (χ3v) is 6.40. The average molecular weight is 340 g/mol. The van der Waals surface area contributed by atoms with Crippen molar-refractivity contribution in [3.63, 3.8) is 0 Å². The fraction of sp³-hybridized carbons (Fsp3) is 0.667. The van der Waals surface area contributed by atoms with E-state index in [0.717, 1.165) is 32.3 Å². The first-order chi connectivity index (χ1) is 10.8. The molecule has 130 valence electrons. The minimum atomic E-state index is -3.32. The predicted octanol–water partition coefficient (Wildman–Crippen LogP) is 3.81. The quantitative estimate of drug-likeness (QED) is 0.757. The maximum Gasteiger partial charge on any atom is 0.178 e. The summed E-state index contributed by atoms with van der Waals surface area (Å²) in [6, 6.07) is 8.64. The molecule has 0 bridgehead atoms. The summed E-state index contributed by atoms with van der Waals surface area (Å²) in [6.07, 6.45) is 3.57. The molecule has 0 spiro atoms. The van der Waals surface area contributed by atoms with E-state index >= 15 is 0 Å². The molecule has 1 saturated heterocycles. The van der Waals surface area contributed by atoms with Crippen LogP contribution in [0.4, 0.5) is 0 Å². The Morgan fingerprint density at radius 1 is 1.26 bits per heavy atom. The molecule has 1 aromatic carbocycles. The van der Waals surface area contributed by atoms with Gasteiger partial charge in [-0.3, -0.25) is 0 Å². The highest BCUT2D eigenvalue weighted by Crippen LogP contribution is 2.31. The normalized spacial score (nSPS) is 21.1. The van der Waals surface area contributed by atoms with Gasteiger partial charge in [-0.1, -0.05) is 25.1 Å². The SMILES string of the molecule is CC[C@H](CS(=O)(=O)c1ccccc1)C(C)(C)OC1CCCCO1. The van der Waals surface area contributed by atoms with Crippen LogP contribution in [0.2, 0.25) is 0 Å². The van der Waals surface area contributed by atoms with Crippen LogP contribution >= 0.6 is 0 Å². The van der Waals surface area contributed by atoms with Crippen LogP contribution in [0.25, 0.3) is 0 Å². The highest BCUT2D eigenvalue weighted by atomic mass is 32.2. The Labute approximate surface area is 140 Å².